The number of pyridine rings is 1. The minimum Gasteiger partial charge on any atom is -0.465 e. The summed E-state index contributed by atoms with van der Waals surface area (Å²) in [7, 11) is 5.57. The molecule has 0 aliphatic carbocycles. The van der Waals surface area contributed by atoms with Crippen LogP contribution in [-0.2, 0) is 11.3 Å². The lowest BCUT2D eigenvalue weighted by Gasteiger charge is -2.20. The van der Waals surface area contributed by atoms with Crippen LogP contribution in [0, 0.1) is 0 Å². The highest BCUT2D eigenvalue weighted by atomic mass is 32.1. The van der Waals surface area contributed by atoms with Gasteiger partial charge in [-0.05, 0) is 61.6 Å². The number of thiophene rings is 1. The quantitative estimate of drug-likeness (QED) is 0.405. The number of fused-ring (bicyclic) bond motifs is 1. The Morgan fingerprint density at radius 3 is 2.70 bits per heavy atom. The number of rotatable bonds is 6. The van der Waals surface area contributed by atoms with Gasteiger partial charge in [0.25, 0.3) is 0 Å². The van der Waals surface area contributed by atoms with Crippen LogP contribution in [0.3, 0.4) is 0 Å². The largest absolute Gasteiger partial charge is 0.465 e. The van der Waals surface area contributed by atoms with E-state index in [0.717, 1.165) is 39.7 Å². The average Bonchev–Trinajstić information content (AvgIpc) is 3.42. The van der Waals surface area contributed by atoms with Gasteiger partial charge >= 0.3 is 5.97 Å². The second-order valence-electron chi connectivity index (χ2n) is 7.67. The van der Waals surface area contributed by atoms with E-state index in [2.05, 4.69) is 70.6 Å². The lowest BCUT2D eigenvalue weighted by molar-refractivity contribution is 0.0603. The van der Waals surface area contributed by atoms with E-state index in [1.807, 2.05) is 24.5 Å². The normalized spacial score (nSPS) is 12.4. The monoisotopic (exact) mass is 419 g/mol. The van der Waals surface area contributed by atoms with Crippen molar-refractivity contribution in [3.63, 3.8) is 0 Å². The number of likely N-dealkylation sites (N-methyl/N-ethyl adjacent to an activating group) is 1. The smallest absolute Gasteiger partial charge is 0.338 e. The molecule has 0 radical (unpaired) electrons. The molecule has 4 rings (SSSR count). The van der Waals surface area contributed by atoms with Gasteiger partial charge in [0, 0.05) is 58.8 Å². The van der Waals surface area contributed by atoms with E-state index in [0.29, 0.717) is 11.6 Å². The number of aromatic nitrogens is 2. The van der Waals surface area contributed by atoms with Gasteiger partial charge in [-0.25, -0.2) is 4.79 Å². The molecule has 4 aromatic rings. The summed E-state index contributed by atoms with van der Waals surface area (Å²) >= 11 is 1.66. The molecule has 1 aromatic carbocycles. The number of carbonyl (C=O) groups excluding carboxylic acids is 1. The molecule has 1 atom stereocenters. The van der Waals surface area contributed by atoms with E-state index >= 15 is 0 Å². The van der Waals surface area contributed by atoms with Gasteiger partial charge in [0.15, 0.2) is 0 Å². The molecule has 30 heavy (non-hydrogen) atoms. The molecular formula is C24H25N3O2S. The molecule has 154 valence electrons. The summed E-state index contributed by atoms with van der Waals surface area (Å²) in [5, 5.41) is 5.08. The van der Waals surface area contributed by atoms with Gasteiger partial charge in [0.2, 0.25) is 0 Å². The third kappa shape index (κ3) is 3.76. The van der Waals surface area contributed by atoms with Crippen molar-refractivity contribution in [3.8, 4) is 22.3 Å². The van der Waals surface area contributed by atoms with Crippen LogP contribution in [0.15, 0.2) is 59.7 Å². The molecule has 5 nitrogen and oxygen atoms in total. The van der Waals surface area contributed by atoms with E-state index in [-0.39, 0.29) is 5.97 Å². The van der Waals surface area contributed by atoms with E-state index < -0.39 is 0 Å². The van der Waals surface area contributed by atoms with Gasteiger partial charge in [-0.15, -0.1) is 0 Å². The second kappa shape index (κ2) is 8.42. The third-order valence-electron chi connectivity index (χ3n) is 5.56. The molecule has 6 heteroatoms. The van der Waals surface area contributed by atoms with E-state index in [4.69, 9.17) is 4.74 Å². The van der Waals surface area contributed by atoms with Crippen molar-refractivity contribution >= 4 is 28.2 Å². The van der Waals surface area contributed by atoms with Crippen molar-refractivity contribution in [2.45, 2.75) is 19.5 Å². The summed E-state index contributed by atoms with van der Waals surface area (Å²) in [6, 6.07) is 10.4. The number of benzene rings is 1. The Balaban J connectivity index is 1.92. The van der Waals surface area contributed by atoms with E-state index in [9.17, 15) is 4.79 Å². The number of ether oxygens (including phenoxy) is 1. The average molecular weight is 420 g/mol. The van der Waals surface area contributed by atoms with Gasteiger partial charge in [0.1, 0.15) is 0 Å². The van der Waals surface area contributed by atoms with Gasteiger partial charge in [-0.2, -0.15) is 11.3 Å². The van der Waals surface area contributed by atoms with Crippen LogP contribution in [0.4, 0.5) is 0 Å². The fourth-order valence-corrected chi connectivity index (χ4v) is 4.29. The van der Waals surface area contributed by atoms with Crippen molar-refractivity contribution in [2.24, 2.45) is 0 Å². The summed E-state index contributed by atoms with van der Waals surface area (Å²) in [6.45, 7) is 3.00. The Morgan fingerprint density at radius 2 is 2.00 bits per heavy atom. The minimum absolute atomic E-state index is 0.331. The van der Waals surface area contributed by atoms with Crippen molar-refractivity contribution < 1.29 is 9.53 Å². The first-order chi connectivity index (χ1) is 14.5. The molecule has 3 heterocycles. The van der Waals surface area contributed by atoms with Crippen LogP contribution >= 0.6 is 11.3 Å². The molecule has 3 aromatic heterocycles. The van der Waals surface area contributed by atoms with Crippen molar-refractivity contribution in [1.29, 1.82) is 0 Å². The van der Waals surface area contributed by atoms with Gasteiger partial charge in [-0.3, -0.25) is 4.98 Å². The lowest BCUT2D eigenvalue weighted by Crippen LogP contribution is -2.28. The minimum atomic E-state index is -0.331. The summed E-state index contributed by atoms with van der Waals surface area (Å²) in [5.41, 5.74) is 5.77. The van der Waals surface area contributed by atoms with E-state index in [1.165, 1.54) is 7.11 Å². The number of hydrogen-bond donors (Lipinski definition) is 0. The van der Waals surface area contributed by atoms with Crippen LogP contribution in [0.1, 0.15) is 17.3 Å². The highest BCUT2D eigenvalue weighted by molar-refractivity contribution is 7.08. The summed E-state index contributed by atoms with van der Waals surface area (Å²) < 4.78 is 7.30. The Kier molecular flexibility index (Phi) is 5.70. The number of hydrogen-bond acceptors (Lipinski definition) is 5. The topological polar surface area (TPSA) is 47.4 Å². The highest BCUT2D eigenvalue weighted by Crippen LogP contribution is 2.35. The standard InChI is InChI=1S/C24H25N3O2S/c1-16(26(2)3)13-27-14-21(23-20(24(28)29-4)6-5-7-22(23)27)19-10-18(11-25-12-19)17-8-9-30-15-17/h5-12,14-16H,13H2,1-4H3. The predicted molar refractivity (Wildman–Crippen MR) is 123 cm³/mol. The van der Waals surface area contributed by atoms with Crippen LogP contribution in [0.5, 0.6) is 0 Å². The first-order valence-electron chi connectivity index (χ1n) is 9.84. The number of esters is 1. The molecular weight excluding hydrogens is 394 g/mol. The summed E-state index contributed by atoms with van der Waals surface area (Å²) in [4.78, 5) is 19.2. The van der Waals surface area contributed by atoms with Gasteiger partial charge in [0.05, 0.1) is 12.7 Å². The molecule has 0 spiro atoms. The van der Waals surface area contributed by atoms with Crippen molar-refractivity contribution in [3.05, 3.63) is 65.2 Å². The predicted octanol–water partition coefficient (Wildman–Crippen LogP) is 5.17. The molecule has 0 bridgehead atoms. The van der Waals surface area contributed by atoms with Crippen molar-refractivity contribution in [2.75, 3.05) is 21.2 Å². The Labute approximate surface area is 180 Å². The number of nitrogens with zero attached hydrogens (tertiary/aromatic N) is 3. The molecule has 0 fully saturated rings. The fourth-order valence-electron chi connectivity index (χ4n) is 3.62. The fraction of sp³-hybridized carbons (Fsp3) is 0.250. The van der Waals surface area contributed by atoms with Gasteiger partial charge in [-0.1, -0.05) is 6.07 Å². The number of carbonyl (C=O) groups is 1. The highest BCUT2D eigenvalue weighted by Gasteiger charge is 2.20. The zero-order valence-corrected chi connectivity index (χ0v) is 18.4. The molecule has 0 aliphatic heterocycles. The second-order valence-corrected chi connectivity index (χ2v) is 8.45. The lowest BCUT2D eigenvalue weighted by atomic mass is 10.00. The zero-order chi connectivity index (χ0) is 21.3. The Hall–Kier alpha value is -2.96. The SMILES string of the molecule is COC(=O)c1cccc2c1c(-c1cncc(-c3ccsc3)c1)cn2CC(C)N(C)C. The van der Waals surface area contributed by atoms with Crippen LogP contribution in [0.25, 0.3) is 33.2 Å². The molecule has 0 saturated heterocycles. The summed E-state index contributed by atoms with van der Waals surface area (Å²) in [5.74, 6) is -0.331. The van der Waals surface area contributed by atoms with E-state index in [1.54, 1.807) is 11.3 Å². The third-order valence-corrected chi connectivity index (χ3v) is 6.24. The van der Waals surface area contributed by atoms with Gasteiger partial charge < -0.3 is 14.2 Å². The maximum absolute atomic E-state index is 12.6. The maximum atomic E-state index is 12.6. The Morgan fingerprint density at radius 1 is 1.20 bits per heavy atom. The van der Waals surface area contributed by atoms with Crippen molar-refractivity contribution in [1.82, 2.24) is 14.5 Å². The number of methoxy groups -OCH3 is 1. The zero-order valence-electron chi connectivity index (χ0n) is 17.6. The molecule has 0 N–H and O–H groups in total. The van der Waals surface area contributed by atoms with Crippen LogP contribution in [0.2, 0.25) is 0 Å². The first-order valence-corrected chi connectivity index (χ1v) is 10.8. The summed E-state index contributed by atoms with van der Waals surface area (Å²) in [6.07, 6.45) is 5.87. The molecule has 1 unspecified atom stereocenters. The molecule has 0 amide bonds. The van der Waals surface area contributed by atoms with Crippen LogP contribution < -0.4 is 0 Å². The molecule has 0 aliphatic rings. The molecule has 0 saturated carbocycles. The maximum Gasteiger partial charge on any atom is 0.338 e. The van der Waals surface area contributed by atoms with Crippen LogP contribution in [-0.4, -0.2) is 47.7 Å². The first kappa shape index (κ1) is 20.3. The Bertz CT molecular complexity index is 1180.